The van der Waals surface area contributed by atoms with Gasteiger partial charge in [-0.2, -0.15) is 13.2 Å². The lowest BCUT2D eigenvalue weighted by atomic mass is 10.2. The summed E-state index contributed by atoms with van der Waals surface area (Å²) in [5, 5.41) is 3.15. The summed E-state index contributed by atoms with van der Waals surface area (Å²) in [5.41, 5.74) is 0.852. The van der Waals surface area contributed by atoms with Gasteiger partial charge in [-0.05, 0) is 24.6 Å². The van der Waals surface area contributed by atoms with Gasteiger partial charge >= 0.3 is 6.18 Å². The first-order valence-corrected chi connectivity index (χ1v) is 5.36. The molecule has 1 heterocycles. The average molecular weight is 248 g/mol. The number of rotatable bonds is 6. The maximum atomic E-state index is 11.9. The molecule has 0 atom stereocenters. The quantitative estimate of drug-likeness (QED) is 0.785. The molecule has 0 aromatic carbocycles. The summed E-state index contributed by atoms with van der Waals surface area (Å²) in [6, 6.07) is 3.25. The number of nitrogens with one attached hydrogen (secondary N) is 1. The van der Waals surface area contributed by atoms with E-state index >= 15 is 0 Å². The Morgan fingerprint density at radius 1 is 1.41 bits per heavy atom. The fourth-order valence-electron chi connectivity index (χ4n) is 1.20. The molecule has 6 heteroatoms. The lowest BCUT2D eigenvalue weighted by Gasteiger charge is -2.09. The zero-order valence-electron chi connectivity index (χ0n) is 9.55. The molecule has 1 rings (SSSR count). The number of hydrogen-bond acceptors (Lipinski definition) is 3. The van der Waals surface area contributed by atoms with Crippen molar-refractivity contribution in [2.75, 3.05) is 13.2 Å². The number of pyridine rings is 1. The number of ether oxygens (including phenoxy) is 1. The van der Waals surface area contributed by atoms with Crippen LogP contribution >= 0.6 is 0 Å². The van der Waals surface area contributed by atoms with Crippen molar-refractivity contribution in [3.05, 3.63) is 23.9 Å². The van der Waals surface area contributed by atoms with Crippen LogP contribution in [0.25, 0.3) is 0 Å². The minimum atomic E-state index is -4.34. The van der Waals surface area contributed by atoms with E-state index in [-0.39, 0.29) is 5.88 Å². The first-order valence-electron chi connectivity index (χ1n) is 5.36. The molecular weight excluding hydrogens is 233 g/mol. The van der Waals surface area contributed by atoms with E-state index in [1.807, 2.05) is 6.92 Å². The van der Waals surface area contributed by atoms with Crippen LogP contribution in [0.4, 0.5) is 13.2 Å². The van der Waals surface area contributed by atoms with Crippen molar-refractivity contribution in [3.8, 4) is 5.88 Å². The average Bonchev–Trinajstić information content (AvgIpc) is 2.27. The fourth-order valence-corrected chi connectivity index (χ4v) is 1.20. The van der Waals surface area contributed by atoms with Gasteiger partial charge in [-0.1, -0.05) is 6.92 Å². The standard InChI is InChI=1S/C11H15F3N2O/c1-2-4-15-7-9-3-5-16-10(6-9)17-8-11(12,13)14/h3,5-6,15H,2,4,7-8H2,1H3. The van der Waals surface area contributed by atoms with Crippen LogP contribution in [0.2, 0.25) is 0 Å². The molecule has 0 saturated carbocycles. The third-order valence-corrected chi connectivity index (χ3v) is 1.94. The van der Waals surface area contributed by atoms with Gasteiger partial charge in [0.15, 0.2) is 6.61 Å². The SMILES string of the molecule is CCCNCc1ccnc(OCC(F)(F)F)c1. The van der Waals surface area contributed by atoms with Crippen LogP contribution in [0.15, 0.2) is 18.3 Å². The summed E-state index contributed by atoms with van der Waals surface area (Å²) in [6.07, 6.45) is -1.89. The van der Waals surface area contributed by atoms with E-state index in [9.17, 15) is 13.2 Å². The Kier molecular flexibility index (Phi) is 5.21. The van der Waals surface area contributed by atoms with Gasteiger partial charge in [-0.25, -0.2) is 4.98 Å². The molecule has 0 fully saturated rings. The molecule has 0 amide bonds. The molecule has 96 valence electrons. The minimum absolute atomic E-state index is 0.00174. The van der Waals surface area contributed by atoms with Crippen molar-refractivity contribution in [2.45, 2.75) is 26.1 Å². The third-order valence-electron chi connectivity index (χ3n) is 1.94. The van der Waals surface area contributed by atoms with Crippen molar-refractivity contribution in [2.24, 2.45) is 0 Å². The highest BCUT2D eigenvalue weighted by Gasteiger charge is 2.28. The normalized spacial score (nSPS) is 11.5. The molecule has 0 radical (unpaired) electrons. The molecule has 3 nitrogen and oxygen atoms in total. The molecule has 1 aromatic heterocycles. The predicted molar refractivity (Wildman–Crippen MR) is 57.8 cm³/mol. The second kappa shape index (κ2) is 6.44. The Balaban J connectivity index is 2.48. The zero-order valence-corrected chi connectivity index (χ0v) is 9.55. The highest BCUT2D eigenvalue weighted by molar-refractivity contribution is 5.20. The molecule has 0 aliphatic heterocycles. The van der Waals surface area contributed by atoms with Crippen LogP contribution in [0.1, 0.15) is 18.9 Å². The van der Waals surface area contributed by atoms with Gasteiger partial charge in [0, 0.05) is 18.8 Å². The van der Waals surface area contributed by atoms with Crippen molar-refractivity contribution in [1.29, 1.82) is 0 Å². The summed E-state index contributed by atoms with van der Waals surface area (Å²) in [5.74, 6) is -0.00174. The summed E-state index contributed by atoms with van der Waals surface area (Å²) in [6.45, 7) is 2.18. The number of hydrogen-bond donors (Lipinski definition) is 1. The minimum Gasteiger partial charge on any atom is -0.468 e. The van der Waals surface area contributed by atoms with Gasteiger partial charge in [-0.15, -0.1) is 0 Å². The molecule has 17 heavy (non-hydrogen) atoms. The Morgan fingerprint density at radius 3 is 2.82 bits per heavy atom. The Hall–Kier alpha value is -1.30. The highest BCUT2D eigenvalue weighted by Crippen LogP contribution is 2.17. The van der Waals surface area contributed by atoms with E-state index < -0.39 is 12.8 Å². The molecular formula is C11H15F3N2O. The number of nitrogens with zero attached hydrogens (tertiary/aromatic N) is 1. The summed E-state index contributed by atoms with van der Waals surface area (Å²) < 4.78 is 40.3. The lowest BCUT2D eigenvalue weighted by molar-refractivity contribution is -0.154. The van der Waals surface area contributed by atoms with Gasteiger partial charge in [-0.3, -0.25) is 0 Å². The molecule has 0 bridgehead atoms. The zero-order chi connectivity index (χ0) is 12.7. The van der Waals surface area contributed by atoms with Crippen molar-refractivity contribution >= 4 is 0 Å². The summed E-state index contributed by atoms with van der Waals surface area (Å²) in [4.78, 5) is 3.72. The van der Waals surface area contributed by atoms with E-state index in [0.717, 1.165) is 18.5 Å². The van der Waals surface area contributed by atoms with Gasteiger partial charge in [0.25, 0.3) is 0 Å². The van der Waals surface area contributed by atoms with Crippen LogP contribution in [0.3, 0.4) is 0 Å². The van der Waals surface area contributed by atoms with Crippen molar-refractivity contribution in [3.63, 3.8) is 0 Å². The van der Waals surface area contributed by atoms with Crippen molar-refractivity contribution in [1.82, 2.24) is 10.3 Å². The molecule has 0 aliphatic carbocycles. The van der Waals surface area contributed by atoms with Crippen LogP contribution in [-0.4, -0.2) is 24.3 Å². The van der Waals surface area contributed by atoms with E-state index in [2.05, 4.69) is 15.0 Å². The second-order valence-corrected chi connectivity index (χ2v) is 3.58. The highest BCUT2D eigenvalue weighted by atomic mass is 19.4. The Bertz CT molecular complexity index is 342. The van der Waals surface area contributed by atoms with Crippen LogP contribution in [0, 0.1) is 0 Å². The van der Waals surface area contributed by atoms with Gasteiger partial charge in [0.05, 0.1) is 0 Å². The van der Waals surface area contributed by atoms with Crippen LogP contribution in [-0.2, 0) is 6.54 Å². The summed E-state index contributed by atoms with van der Waals surface area (Å²) >= 11 is 0. The van der Waals surface area contributed by atoms with Crippen LogP contribution in [0.5, 0.6) is 5.88 Å². The van der Waals surface area contributed by atoms with E-state index in [1.54, 1.807) is 6.07 Å². The smallest absolute Gasteiger partial charge is 0.422 e. The van der Waals surface area contributed by atoms with Gasteiger partial charge in [0.1, 0.15) is 0 Å². The maximum Gasteiger partial charge on any atom is 0.422 e. The van der Waals surface area contributed by atoms with Crippen molar-refractivity contribution < 1.29 is 17.9 Å². The predicted octanol–water partition coefficient (Wildman–Crippen LogP) is 2.52. The molecule has 1 aromatic rings. The largest absolute Gasteiger partial charge is 0.468 e. The first kappa shape index (κ1) is 13.8. The summed E-state index contributed by atoms with van der Waals surface area (Å²) in [7, 11) is 0. The molecule has 0 unspecified atom stereocenters. The van der Waals surface area contributed by atoms with Crippen LogP contribution < -0.4 is 10.1 Å². The molecule has 0 aliphatic rings. The van der Waals surface area contributed by atoms with Gasteiger partial charge in [0.2, 0.25) is 5.88 Å². The van der Waals surface area contributed by atoms with Gasteiger partial charge < -0.3 is 10.1 Å². The molecule has 0 saturated heterocycles. The third kappa shape index (κ3) is 6.11. The number of alkyl halides is 3. The topological polar surface area (TPSA) is 34.2 Å². The van der Waals surface area contributed by atoms with E-state index in [0.29, 0.717) is 6.54 Å². The van der Waals surface area contributed by atoms with E-state index in [4.69, 9.17) is 0 Å². The Labute approximate surface area is 98.0 Å². The number of aromatic nitrogens is 1. The second-order valence-electron chi connectivity index (χ2n) is 3.58. The Morgan fingerprint density at radius 2 is 2.18 bits per heavy atom. The first-order chi connectivity index (χ1) is 8.01. The maximum absolute atomic E-state index is 11.9. The number of halogens is 3. The fraction of sp³-hybridized carbons (Fsp3) is 0.545. The lowest BCUT2D eigenvalue weighted by Crippen LogP contribution is -2.20. The molecule has 0 spiro atoms. The van der Waals surface area contributed by atoms with E-state index in [1.165, 1.54) is 12.3 Å². The monoisotopic (exact) mass is 248 g/mol. The molecule has 1 N–H and O–H groups in total.